The number of allylic oxidation sites excluding steroid dienone is 5. The first-order valence-electron chi connectivity index (χ1n) is 9.76. The van der Waals surface area contributed by atoms with Crippen molar-refractivity contribution in [3.05, 3.63) is 65.4 Å². The monoisotopic (exact) mass is 336 g/mol. The van der Waals surface area contributed by atoms with Crippen LogP contribution < -0.4 is 5.32 Å². The van der Waals surface area contributed by atoms with Gasteiger partial charge in [-0.3, -0.25) is 0 Å². The summed E-state index contributed by atoms with van der Waals surface area (Å²) in [5.74, 6) is 1.12. The maximum Gasteiger partial charge on any atom is 0.0340 e. The zero-order valence-electron chi connectivity index (χ0n) is 16.0. The Morgan fingerprint density at radius 2 is 1.92 bits per heavy atom. The molecule has 0 amide bonds. The van der Waals surface area contributed by atoms with E-state index in [0.29, 0.717) is 11.8 Å². The molecule has 0 saturated carbocycles. The maximum absolute atomic E-state index is 3.50. The number of benzene rings is 1. The highest BCUT2D eigenvalue weighted by Gasteiger charge is 2.22. The highest BCUT2D eigenvalue weighted by molar-refractivity contribution is 5.42. The van der Waals surface area contributed by atoms with E-state index < -0.39 is 0 Å². The number of likely N-dealkylation sites (tertiary alicyclic amines) is 1. The Bertz CT molecular complexity index is 650. The molecule has 1 fully saturated rings. The minimum atomic E-state index is 0.495. The summed E-state index contributed by atoms with van der Waals surface area (Å²) in [6.07, 6.45) is 11.0. The summed E-state index contributed by atoms with van der Waals surface area (Å²) in [5.41, 5.74) is 5.75. The number of nitrogens with one attached hydrogen (secondary N) is 1. The van der Waals surface area contributed by atoms with E-state index in [1.54, 1.807) is 5.70 Å². The van der Waals surface area contributed by atoms with Gasteiger partial charge in [-0.2, -0.15) is 0 Å². The molecule has 2 unspecified atom stereocenters. The minimum Gasteiger partial charge on any atom is -0.385 e. The third kappa shape index (κ3) is 4.78. The molecule has 1 aromatic carbocycles. The van der Waals surface area contributed by atoms with Crippen LogP contribution in [0.15, 0.2) is 65.4 Å². The smallest absolute Gasteiger partial charge is 0.0340 e. The Balaban J connectivity index is 1.66. The second kappa shape index (κ2) is 8.42. The van der Waals surface area contributed by atoms with Crippen LogP contribution in [0.25, 0.3) is 0 Å². The molecule has 2 aliphatic rings. The normalized spacial score (nSPS) is 29.7. The Morgan fingerprint density at radius 1 is 1.16 bits per heavy atom. The maximum atomic E-state index is 3.50. The van der Waals surface area contributed by atoms with Crippen molar-refractivity contribution in [3.63, 3.8) is 0 Å². The Labute approximate surface area is 153 Å². The number of hydrogen-bond donors (Lipinski definition) is 1. The van der Waals surface area contributed by atoms with Crippen molar-refractivity contribution in [2.75, 3.05) is 25.0 Å². The van der Waals surface area contributed by atoms with Gasteiger partial charge in [0.25, 0.3) is 0 Å². The third-order valence-corrected chi connectivity index (χ3v) is 5.54. The van der Waals surface area contributed by atoms with Gasteiger partial charge in [0.1, 0.15) is 0 Å². The van der Waals surface area contributed by atoms with Gasteiger partial charge in [-0.15, -0.1) is 0 Å². The molecule has 1 aliphatic carbocycles. The molecule has 1 aliphatic heterocycles. The van der Waals surface area contributed by atoms with Crippen LogP contribution in [0.3, 0.4) is 0 Å². The van der Waals surface area contributed by atoms with Crippen molar-refractivity contribution in [2.24, 2.45) is 11.8 Å². The fourth-order valence-electron chi connectivity index (χ4n) is 3.56. The van der Waals surface area contributed by atoms with E-state index in [9.17, 15) is 0 Å². The zero-order chi connectivity index (χ0) is 17.6. The summed E-state index contributed by atoms with van der Waals surface area (Å²) in [4.78, 5) is 2.57. The van der Waals surface area contributed by atoms with Gasteiger partial charge in [-0.25, -0.2) is 0 Å². The van der Waals surface area contributed by atoms with Crippen LogP contribution in [-0.2, 0) is 0 Å². The Kier molecular flexibility index (Phi) is 6.01. The van der Waals surface area contributed by atoms with Gasteiger partial charge >= 0.3 is 0 Å². The van der Waals surface area contributed by atoms with Crippen LogP contribution in [0.2, 0.25) is 0 Å². The molecular weight excluding hydrogens is 304 g/mol. The SMILES string of the molecule is C/C1=C/C(=C\CCNc2ccccc2)C(C)/C=C(/N2CCC2)CC1C. The van der Waals surface area contributed by atoms with Crippen molar-refractivity contribution < 1.29 is 0 Å². The van der Waals surface area contributed by atoms with Crippen molar-refractivity contribution in [1.29, 1.82) is 0 Å². The van der Waals surface area contributed by atoms with E-state index >= 15 is 0 Å². The lowest BCUT2D eigenvalue weighted by atomic mass is 9.86. The molecule has 0 bridgehead atoms. The van der Waals surface area contributed by atoms with Crippen molar-refractivity contribution in [2.45, 2.75) is 40.0 Å². The Morgan fingerprint density at radius 3 is 2.60 bits per heavy atom. The van der Waals surface area contributed by atoms with E-state index in [1.165, 1.54) is 42.8 Å². The average Bonchev–Trinajstić information content (AvgIpc) is 2.55. The zero-order valence-corrected chi connectivity index (χ0v) is 16.0. The summed E-state index contributed by atoms with van der Waals surface area (Å²) in [7, 11) is 0. The molecule has 2 nitrogen and oxygen atoms in total. The van der Waals surface area contributed by atoms with Crippen LogP contribution >= 0.6 is 0 Å². The van der Waals surface area contributed by atoms with Gasteiger partial charge < -0.3 is 10.2 Å². The molecule has 3 rings (SSSR count). The van der Waals surface area contributed by atoms with Crippen molar-refractivity contribution in [1.82, 2.24) is 4.90 Å². The number of nitrogens with zero attached hydrogens (tertiary/aromatic N) is 1. The molecule has 0 spiro atoms. The van der Waals surface area contributed by atoms with E-state index in [2.05, 4.69) is 79.5 Å². The third-order valence-electron chi connectivity index (χ3n) is 5.54. The van der Waals surface area contributed by atoms with Gasteiger partial charge in [0.15, 0.2) is 0 Å². The lowest BCUT2D eigenvalue weighted by Gasteiger charge is -2.38. The predicted octanol–water partition coefficient (Wildman–Crippen LogP) is 5.63. The first-order chi connectivity index (χ1) is 12.1. The molecule has 25 heavy (non-hydrogen) atoms. The fourth-order valence-corrected chi connectivity index (χ4v) is 3.56. The van der Waals surface area contributed by atoms with E-state index in [4.69, 9.17) is 0 Å². The number of para-hydroxylation sites is 1. The fraction of sp³-hybridized carbons (Fsp3) is 0.478. The molecule has 1 aromatic rings. The van der Waals surface area contributed by atoms with Crippen molar-refractivity contribution in [3.8, 4) is 0 Å². The van der Waals surface area contributed by atoms with Crippen molar-refractivity contribution >= 4 is 5.69 Å². The van der Waals surface area contributed by atoms with Crippen LogP contribution in [0.1, 0.15) is 40.0 Å². The standard InChI is InChI=1S/C23H32N2/c1-18-15-21(9-7-12-24-22-10-5-4-6-11-22)20(3)17-23(16-19(18)2)25-13-8-14-25/h4-6,9-11,15,17,19-20,24H,7-8,12-14,16H2,1-3H3/b18-15-,21-9+,23-17+. The van der Waals surface area contributed by atoms with Crippen LogP contribution in [0.4, 0.5) is 5.69 Å². The Hall–Kier alpha value is -1.96. The van der Waals surface area contributed by atoms with Crippen LogP contribution in [-0.4, -0.2) is 24.5 Å². The van der Waals surface area contributed by atoms with E-state index in [0.717, 1.165) is 13.0 Å². The summed E-state index contributed by atoms with van der Waals surface area (Å²) < 4.78 is 0. The lowest BCUT2D eigenvalue weighted by Crippen LogP contribution is -2.37. The summed E-state index contributed by atoms with van der Waals surface area (Å²) >= 11 is 0. The van der Waals surface area contributed by atoms with E-state index in [-0.39, 0.29) is 0 Å². The molecule has 134 valence electrons. The number of anilines is 1. The quantitative estimate of drug-likeness (QED) is 0.701. The highest BCUT2D eigenvalue weighted by atomic mass is 15.2. The summed E-state index contributed by atoms with van der Waals surface area (Å²) in [6.45, 7) is 10.5. The number of rotatable bonds is 5. The largest absolute Gasteiger partial charge is 0.385 e. The van der Waals surface area contributed by atoms with Gasteiger partial charge in [0.2, 0.25) is 0 Å². The minimum absolute atomic E-state index is 0.495. The topological polar surface area (TPSA) is 15.3 Å². The van der Waals surface area contributed by atoms with Crippen LogP contribution in [0.5, 0.6) is 0 Å². The molecule has 0 aromatic heterocycles. The summed E-state index contributed by atoms with van der Waals surface area (Å²) in [6, 6.07) is 10.5. The summed E-state index contributed by atoms with van der Waals surface area (Å²) in [5, 5.41) is 3.50. The van der Waals surface area contributed by atoms with E-state index in [1.807, 2.05) is 0 Å². The van der Waals surface area contributed by atoms with Gasteiger partial charge in [0, 0.05) is 36.9 Å². The molecular formula is C23H32N2. The molecule has 0 radical (unpaired) electrons. The molecule has 2 heteroatoms. The van der Waals surface area contributed by atoms with Gasteiger partial charge in [0.05, 0.1) is 0 Å². The van der Waals surface area contributed by atoms with Crippen LogP contribution in [0, 0.1) is 11.8 Å². The first-order valence-corrected chi connectivity index (χ1v) is 9.76. The lowest BCUT2D eigenvalue weighted by molar-refractivity contribution is 0.223. The van der Waals surface area contributed by atoms with Gasteiger partial charge in [-0.1, -0.05) is 55.8 Å². The molecule has 2 atom stereocenters. The second-order valence-electron chi connectivity index (χ2n) is 7.57. The second-order valence-corrected chi connectivity index (χ2v) is 7.57. The molecule has 1 heterocycles. The number of hydrogen-bond acceptors (Lipinski definition) is 2. The van der Waals surface area contributed by atoms with Gasteiger partial charge in [-0.05, 0) is 49.8 Å². The first kappa shape index (κ1) is 17.8. The average molecular weight is 337 g/mol. The molecule has 1 N–H and O–H groups in total. The predicted molar refractivity (Wildman–Crippen MR) is 109 cm³/mol. The molecule has 1 saturated heterocycles. The highest BCUT2D eigenvalue weighted by Crippen LogP contribution is 2.32.